The third kappa shape index (κ3) is 10.8. The molecule has 0 fully saturated rings. The molecule has 0 radical (unpaired) electrons. The van der Waals surface area contributed by atoms with Gasteiger partial charge in [-0.2, -0.15) is 0 Å². The number of aromatic nitrogens is 2. The van der Waals surface area contributed by atoms with E-state index < -0.39 is 31.9 Å². The molecule has 74 heavy (non-hydrogen) atoms. The summed E-state index contributed by atoms with van der Waals surface area (Å²) in [5.74, 6) is -0.311. The quantitative estimate of drug-likeness (QED) is 0.0613. The lowest BCUT2D eigenvalue weighted by atomic mass is 10.1. The van der Waals surface area contributed by atoms with E-state index in [0.29, 0.717) is 55.6 Å². The second-order valence-electron chi connectivity index (χ2n) is 17.3. The minimum atomic E-state index is -4.14. The molecule has 2 aromatic heterocycles. The molecule has 0 atom stereocenters. The Morgan fingerprint density at radius 1 is 0.514 bits per heavy atom. The van der Waals surface area contributed by atoms with Gasteiger partial charge in [0.1, 0.15) is 11.5 Å². The lowest BCUT2D eigenvalue weighted by Gasteiger charge is -2.34. The molecule has 8 aromatic rings. The minimum absolute atomic E-state index is 0.0145. The Labute approximate surface area is 429 Å². The number of carbonyl (C=O) groups excluding carboxylic acids is 2. The number of benzene rings is 6. The van der Waals surface area contributed by atoms with Crippen LogP contribution in [0.4, 0.5) is 0 Å². The molecule has 0 aliphatic rings. The van der Waals surface area contributed by atoms with Gasteiger partial charge in [0, 0.05) is 48.4 Å². The Kier molecular flexibility index (Phi) is 15.2. The molecule has 0 unspecified atom stereocenters. The molecule has 6 aromatic carbocycles. The molecule has 2 N–H and O–H groups in total. The molecular formula is C56H54N4O12S2. The third-order valence-corrected chi connectivity index (χ3v) is 15.9. The van der Waals surface area contributed by atoms with Gasteiger partial charge >= 0.3 is 0 Å². The molecule has 0 bridgehead atoms. The van der Waals surface area contributed by atoms with Crippen molar-refractivity contribution in [1.82, 2.24) is 18.0 Å². The fourth-order valence-corrected chi connectivity index (χ4v) is 11.2. The van der Waals surface area contributed by atoms with E-state index in [-0.39, 0.29) is 58.7 Å². The number of phenolic OH excluding ortho intramolecular Hbond substituents is 2. The highest BCUT2D eigenvalue weighted by Crippen LogP contribution is 2.33. The van der Waals surface area contributed by atoms with Crippen LogP contribution in [0.15, 0.2) is 156 Å². The number of ether oxygens (including phenoxy) is 4. The molecule has 0 saturated heterocycles. The van der Waals surface area contributed by atoms with Crippen molar-refractivity contribution in [3.8, 4) is 34.5 Å². The van der Waals surface area contributed by atoms with Gasteiger partial charge in [0.25, 0.3) is 31.9 Å². The van der Waals surface area contributed by atoms with E-state index in [1.165, 1.54) is 132 Å². The summed E-state index contributed by atoms with van der Waals surface area (Å²) in [6, 6.07) is 32.1. The summed E-state index contributed by atoms with van der Waals surface area (Å²) in [7, 11) is -2.51. The maximum Gasteiger partial charge on any atom is 0.268 e. The highest BCUT2D eigenvalue weighted by atomic mass is 32.2. The number of methoxy groups -OCH3 is 4. The number of aromatic hydroxyl groups is 2. The predicted octanol–water partition coefficient (Wildman–Crippen LogP) is 8.92. The maximum atomic E-state index is 14.9. The topological polar surface area (TPSA) is 196 Å². The molecule has 0 aliphatic heterocycles. The largest absolute Gasteiger partial charge is 0.504 e. The van der Waals surface area contributed by atoms with Crippen molar-refractivity contribution in [2.75, 3.05) is 41.5 Å². The molecule has 2 amide bonds. The summed E-state index contributed by atoms with van der Waals surface area (Å²) < 4.78 is 81.4. The van der Waals surface area contributed by atoms with Crippen LogP contribution in [0.1, 0.15) is 33.4 Å². The van der Waals surface area contributed by atoms with Crippen molar-refractivity contribution >= 4 is 65.8 Å². The summed E-state index contributed by atoms with van der Waals surface area (Å²) in [5, 5.41) is 24.1. The SMILES string of the molecule is COc1ccc2c(c1)c(CCN(C(=O)/C=C\c1ccc(O)c(OC)c1)N(CCc1cn(S(=O)(=O)c3ccc(C)cc3)c3ccc(OC)cc13)C(=O)/C=C/c1ccc(O)c(OC)c1)cn2S(=O)(=O)c1ccc(C)cc1. The molecule has 0 saturated carbocycles. The van der Waals surface area contributed by atoms with Gasteiger partial charge < -0.3 is 29.2 Å². The average molecular weight is 1040 g/mol. The van der Waals surface area contributed by atoms with Crippen molar-refractivity contribution < 1.29 is 55.6 Å². The first kappa shape index (κ1) is 51.9. The minimum Gasteiger partial charge on any atom is -0.504 e. The monoisotopic (exact) mass is 1040 g/mol. The van der Waals surface area contributed by atoms with Gasteiger partial charge in [-0.1, -0.05) is 47.5 Å². The molecule has 18 heteroatoms. The molecule has 2 heterocycles. The molecule has 16 nitrogen and oxygen atoms in total. The molecule has 8 rings (SSSR count). The lowest BCUT2D eigenvalue weighted by Crippen LogP contribution is -2.50. The maximum absolute atomic E-state index is 14.9. The van der Waals surface area contributed by atoms with Gasteiger partial charge in [-0.15, -0.1) is 0 Å². The molecule has 382 valence electrons. The van der Waals surface area contributed by atoms with Crippen LogP contribution in [0.2, 0.25) is 0 Å². The van der Waals surface area contributed by atoms with Crippen molar-refractivity contribution in [2.45, 2.75) is 36.5 Å². The van der Waals surface area contributed by atoms with Crippen molar-refractivity contribution in [2.24, 2.45) is 0 Å². The number of aryl methyl sites for hydroxylation is 2. The Hall–Kier alpha value is -8.48. The number of carbonyl (C=O) groups is 2. The van der Waals surface area contributed by atoms with Crippen LogP contribution in [0, 0.1) is 13.8 Å². The standard InChI is InChI=1S/C56H54N4O12S2/c1-37-7-17-45(18-8-37)73(65,66)59-35-41(47-33-43(69-3)15-21-49(47)59)27-29-57(55(63)25-13-39-11-23-51(61)53(31-39)71-5)58(56(64)26-14-40-12-24-52(62)54(32-40)72-6)30-28-42-36-60(50-22-16-44(70-4)34-48(42)50)74(67,68)46-19-9-38(2)10-20-46/h7-26,31-36,61-62H,27-30H2,1-6H3/b25-13-,26-14+. The predicted molar refractivity (Wildman–Crippen MR) is 283 cm³/mol. The van der Waals surface area contributed by atoms with Crippen LogP contribution < -0.4 is 18.9 Å². The number of fused-ring (bicyclic) bond motifs is 2. The highest BCUT2D eigenvalue weighted by molar-refractivity contribution is 7.90. The fourth-order valence-electron chi connectivity index (χ4n) is 8.44. The second kappa shape index (κ2) is 21.7. The summed E-state index contributed by atoms with van der Waals surface area (Å²) in [6.45, 7) is 3.34. The summed E-state index contributed by atoms with van der Waals surface area (Å²) in [5.41, 5.74) is 4.46. The molecule has 0 spiro atoms. The zero-order chi connectivity index (χ0) is 52.9. The van der Waals surface area contributed by atoms with E-state index in [2.05, 4.69) is 0 Å². The van der Waals surface area contributed by atoms with Gasteiger partial charge in [0.05, 0.1) is 49.3 Å². The van der Waals surface area contributed by atoms with E-state index in [1.54, 1.807) is 72.8 Å². The van der Waals surface area contributed by atoms with Crippen LogP contribution in [-0.2, 0) is 42.5 Å². The van der Waals surface area contributed by atoms with Crippen LogP contribution in [0.3, 0.4) is 0 Å². The summed E-state index contributed by atoms with van der Waals surface area (Å²) in [6.07, 6.45) is 8.56. The summed E-state index contributed by atoms with van der Waals surface area (Å²) in [4.78, 5) is 30.0. The van der Waals surface area contributed by atoms with Gasteiger partial charge in [-0.05, 0) is 146 Å². The fraction of sp³-hybridized carbons (Fsp3) is 0.179. The normalized spacial score (nSPS) is 11.9. The Bertz CT molecular complexity index is 3450. The first-order valence-electron chi connectivity index (χ1n) is 23.2. The smallest absolute Gasteiger partial charge is 0.268 e. The number of nitrogens with zero attached hydrogens (tertiary/aromatic N) is 4. The van der Waals surface area contributed by atoms with E-state index in [4.69, 9.17) is 18.9 Å². The average Bonchev–Trinajstić information content (AvgIpc) is 3.98. The van der Waals surface area contributed by atoms with Gasteiger partial charge in [-0.25, -0.2) is 34.8 Å². The second-order valence-corrected chi connectivity index (χ2v) is 20.9. The third-order valence-electron chi connectivity index (χ3n) is 12.5. The number of hydrogen-bond donors (Lipinski definition) is 2. The Balaban J connectivity index is 1.25. The van der Waals surface area contributed by atoms with Crippen molar-refractivity contribution in [3.63, 3.8) is 0 Å². The van der Waals surface area contributed by atoms with Gasteiger partial charge in [-0.3, -0.25) is 9.59 Å². The summed E-state index contributed by atoms with van der Waals surface area (Å²) >= 11 is 0. The molecular weight excluding hydrogens is 985 g/mol. The van der Waals surface area contributed by atoms with Crippen LogP contribution in [0.25, 0.3) is 34.0 Å². The number of phenols is 2. The van der Waals surface area contributed by atoms with Crippen molar-refractivity contribution in [3.05, 3.63) is 179 Å². The number of amides is 2. The van der Waals surface area contributed by atoms with E-state index in [0.717, 1.165) is 11.1 Å². The van der Waals surface area contributed by atoms with Gasteiger partial charge in [0.15, 0.2) is 23.0 Å². The number of hydrazine groups is 1. The Morgan fingerprint density at radius 2 is 0.892 bits per heavy atom. The van der Waals surface area contributed by atoms with Gasteiger partial charge in [0.2, 0.25) is 0 Å². The van der Waals surface area contributed by atoms with Crippen LogP contribution in [-0.4, -0.2) is 98.4 Å². The van der Waals surface area contributed by atoms with Crippen LogP contribution in [0.5, 0.6) is 34.5 Å². The van der Waals surface area contributed by atoms with Crippen molar-refractivity contribution in [1.29, 1.82) is 0 Å². The Morgan fingerprint density at radius 3 is 1.24 bits per heavy atom. The van der Waals surface area contributed by atoms with Crippen LogP contribution >= 0.6 is 0 Å². The highest BCUT2D eigenvalue weighted by Gasteiger charge is 2.28. The zero-order valence-electron chi connectivity index (χ0n) is 41.4. The van der Waals surface area contributed by atoms with E-state index in [9.17, 15) is 36.6 Å². The zero-order valence-corrected chi connectivity index (χ0v) is 43.1. The first-order valence-corrected chi connectivity index (χ1v) is 26.1. The van der Waals surface area contributed by atoms with E-state index >= 15 is 0 Å². The number of hydrogen-bond acceptors (Lipinski definition) is 12. The van der Waals surface area contributed by atoms with E-state index in [1.807, 2.05) is 13.8 Å². The lowest BCUT2D eigenvalue weighted by molar-refractivity contribution is -0.157. The first-order chi connectivity index (χ1) is 35.4. The molecule has 0 aliphatic carbocycles. The number of rotatable bonds is 18.